The second-order valence-corrected chi connectivity index (χ2v) is 10.4. The molecule has 1 aliphatic heterocycles. The van der Waals surface area contributed by atoms with E-state index in [1.165, 1.54) is 16.7 Å². The number of hydrogen-bond donors (Lipinski definition) is 1. The van der Waals surface area contributed by atoms with Crippen LogP contribution in [0.1, 0.15) is 32.6 Å². The van der Waals surface area contributed by atoms with Gasteiger partial charge in [-0.1, -0.05) is 47.4 Å². The smallest absolute Gasteiger partial charge is 0.350 e. The van der Waals surface area contributed by atoms with Gasteiger partial charge in [-0.15, -0.1) is 0 Å². The number of nitro benzene ring substituents is 2. The van der Waals surface area contributed by atoms with Crippen LogP contribution in [0, 0.1) is 27.2 Å². The van der Waals surface area contributed by atoms with E-state index in [0.717, 1.165) is 33.3 Å². The van der Waals surface area contributed by atoms with E-state index < -0.39 is 38.8 Å². The van der Waals surface area contributed by atoms with E-state index in [-0.39, 0.29) is 22.2 Å². The summed E-state index contributed by atoms with van der Waals surface area (Å²) in [5.41, 5.74) is -0.717. The van der Waals surface area contributed by atoms with Crippen molar-refractivity contribution in [1.82, 2.24) is 4.98 Å². The molecule has 12 nitrogen and oxygen atoms in total. The zero-order valence-electron chi connectivity index (χ0n) is 20.9. The number of thiazole rings is 1. The number of hydrogen-bond acceptors (Lipinski definition) is 11. The van der Waals surface area contributed by atoms with E-state index in [2.05, 4.69) is 10.3 Å². The Morgan fingerprint density at radius 3 is 2.05 bits per heavy atom. The lowest BCUT2D eigenvalue weighted by Gasteiger charge is -2.31. The number of aromatic nitrogens is 1. The molecule has 0 fully saturated rings. The molecule has 1 aromatic heterocycles. The number of esters is 1. The maximum Gasteiger partial charge on any atom is 0.350 e. The minimum atomic E-state index is -0.813. The molecule has 14 heteroatoms. The Kier molecular flexibility index (Phi) is 7.19. The van der Waals surface area contributed by atoms with Crippen LogP contribution in [0.2, 0.25) is 0 Å². The van der Waals surface area contributed by atoms with Gasteiger partial charge in [-0.25, -0.2) is 9.78 Å². The van der Waals surface area contributed by atoms with Gasteiger partial charge in [0.05, 0.1) is 39.1 Å². The van der Waals surface area contributed by atoms with Crippen LogP contribution < -0.4 is 10.2 Å². The fourth-order valence-electron chi connectivity index (χ4n) is 4.15. The Morgan fingerprint density at radius 1 is 0.975 bits per heavy atom. The summed E-state index contributed by atoms with van der Waals surface area (Å²) in [6, 6.07) is 16.3. The molecular formula is C26H19N5O7S2. The molecule has 0 radical (unpaired) electrons. The first-order valence-corrected chi connectivity index (χ1v) is 13.4. The predicted molar refractivity (Wildman–Crippen MR) is 149 cm³/mol. The van der Waals surface area contributed by atoms with Gasteiger partial charge in [-0.05, 0) is 38.1 Å². The fraction of sp³-hybridized carbons (Fsp3) is 0.115. The molecule has 0 saturated heterocycles. The van der Waals surface area contributed by atoms with E-state index in [1.54, 1.807) is 38.1 Å². The Bertz CT molecular complexity index is 1620. The average Bonchev–Trinajstić information content (AvgIpc) is 3.31. The highest BCUT2D eigenvalue weighted by atomic mass is 32.2. The zero-order valence-corrected chi connectivity index (χ0v) is 22.6. The van der Waals surface area contributed by atoms with Gasteiger partial charge in [0, 0.05) is 21.9 Å². The number of amides is 1. The van der Waals surface area contributed by atoms with Crippen molar-refractivity contribution < 1.29 is 24.2 Å². The summed E-state index contributed by atoms with van der Waals surface area (Å²) in [4.78, 5) is 56.0. The molecule has 1 N–H and O–H groups in total. The van der Waals surface area contributed by atoms with Crippen LogP contribution >= 0.6 is 23.1 Å². The topological polar surface area (TPSA) is 158 Å². The molecule has 202 valence electrons. The number of anilines is 4. The molecule has 5 rings (SSSR count). The van der Waals surface area contributed by atoms with Gasteiger partial charge in [-0.2, -0.15) is 0 Å². The Hall–Kier alpha value is -4.82. The lowest BCUT2D eigenvalue weighted by Crippen LogP contribution is -2.28. The zero-order chi connectivity index (χ0) is 28.6. The molecule has 4 aromatic rings. The maximum absolute atomic E-state index is 13.9. The van der Waals surface area contributed by atoms with Gasteiger partial charge in [0.2, 0.25) is 0 Å². The van der Waals surface area contributed by atoms with Crippen LogP contribution in [-0.4, -0.2) is 33.3 Å². The number of aryl methyl sites for hydroxylation is 1. The highest BCUT2D eigenvalue weighted by Gasteiger charge is 2.34. The lowest BCUT2D eigenvalue weighted by molar-refractivity contribution is -0.392. The van der Waals surface area contributed by atoms with Crippen molar-refractivity contribution in [3.63, 3.8) is 0 Å². The number of rotatable bonds is 7. The van der Waals surface area contributed by atoms with Crippen LogP contribution in [0.15, 0.2) is 70.5 Å². The molecular weight excluding hydrogens is 558 g/mol. The first kappa shape index (κ1) is 26.8. The minimum absolute atomic E-state index is 0.0155. The third-order valence-electron chi connectivity index (χ3n) is 5.86. The summed E-state index contributed by atoms with van der Waals surface area (Å²) in [6.45, 7) is 3.32. The number of nitro groups is 2. The van der Waals surface area contributed by atoms with Gasteiger partial charge in [0.1, 0.15) is 4.88 Å². The van der Waals surface area contributed by atoms with Gasteiger partial charge >= 0.3 is 17.3 Å². The molecule has 3 aromatic carbocycles. The van der Waals surface area contributed by atoms with Crippen LogP contribution in [0.3, 0.4) is 0 Å². The molecule has 0 bridgehead atoms. The predicted octanol–water partition coefficient (Wildman–Crippen LogP) is 6.63. The third kappa shape index (κ3) is 4.85. The number of carbonyl (C=O) groups excluding carboxylic acids is 2. The first-order chi connectivity index (χ1) is 19.2. The number of para-hydroxylation sites is 2. The maximum atomic E-state index is 13.9. The normalized spacial score (nSPS) is 11.8. The number of fused-ring (bicyclic) bond motifs is 2. The van der Waals surface area contributed by atoms with Crippen molar-refractivity contribution in [2.45, 2.75) is 23.6 Å². The molecule has 0 spiro atoms. The molecule has 0 aliphatic carbocycles. The second kappa shape index (κ2) is 10.7. The molecule has 0 saturated carbocycles. The van der Waals surface area contributed by atoms with E-state index in [4.69, 9.17) is 4.74 Å². The van der Waals surface area contributed by atoms with Crippen molar-refractivity contribution in [3.05, 3.63) is 97.0 Å². The number of carbonyl (C=O) groups is 2. The Morgan fingerprint density at radius 2 is 1.52 bits per heavy atom. The standard InChI is InChI=1S/C26H19N5O7S2/c1-3-38-25(33)23-14(2)27-26(40-23)28-22-18(30(34)35)12-15(13-19(22)31(36)37)24(32)29-16-8-4-6-10-20(16)39-21-11-7-5-9-17(21)29/h4-13H,3H2,1-2H3,(H,27,28). The molecule has 0 unspecified atom stereocenters. The fourth-order valence-corrected chi connectivity index (χ4v) is 6.07. The number of nitrogens with one attached hydrogen (secondary N) is 1. The van der Waals surface area contributed by atoms with Gasteiger partial charge < -0.3 is 10.1 Å². The lowest BCUT2D eigenvalue weighted by atomic mass is 10.1. The summed E-state index contributed by atoms with van der Waals surface area (Å²) in [6.07, 6.45) is 0. The Labute approximate surface area is 234 Å². The van der Waals surface area contributed by atoms with Gasteiger partial charge in [-0.3, -0.25) is 29.9 Å². The first-order valence-electron chi connectivity index (χ1n) is 11.8. The quantitative estimate of drug-likeness (QED) is 0.143. The summed E-state index contributed by atoms with van der Waals surface area (Å²) >= 11 is 2.31. The summed E-state index contributed by atoms with van der Waals surface area (Å²) in [5.74, 6) is -1.30. The number of ether oxygens (including phenoxy) is 1. The molecule has 1 aliphatic rings. The van der Waals surface area contributed by atoms with Crippen molar-refractivity contribution in [2.24, 2.45) is 0 Å². The average molecular weight is 578 g/mol. The monoisotopic (exact) mass is 577 g/mol. The summed E-state index contributed by atoms with van der Waals surface area (Å²) in [5, 5.41) is 26.9. The van der Waals surface area contributed by atoms with Gasteiger partial charge in [0.15, 0.2) is 10.8 Å². The summed E-state index contributed by atoms with van der Waals surface area (Å²) in [7, 11) is 0. The minimum Gasteiger partial charge on any atom is -0.462 e. The van der Waals surface area contributed by atoms with Crippen LogP contribution in [0.5, 0.6) is 0 Å². The van der Waals surface area contributed by atoms with E-state index in [9.17, 15) is 29.8 Å². The highest BCUT2D eigenvalue weighted by molar-refractivity contribution is 7.99. The molecule has 40 heavy (non-hydrogen) atoms. The number of nitrogens with zero attached hydrogens (tertiary/aromatic N) is 4. The van der Waals surface area contributed by atoms with Crippen molar-refractivity contribution in [2.75, 3.05) is 16.8 Å². The Balaban J connectivity index is 1.61. The van der Waals surface area contributed by atoms with Crippen molar-refractivity contribution in [1.29, 1.82) is 0 Å². The van der Waals surface area contributed by atoms with E-state index >= 15 is 0 Å². The SMILES string of the molecule is CCOC(=O)c1sc(Nc2c([N+](=O)[O-])cc(C(=O)N3c4ccccc4Sc4ccccc43)cc2[N+](=O)[O-])nc1C. The van der Waals surface area contributed by atoms with Crippen LogP contribution in [0.25, 0.3) is 0 Å². The van der Waals surface area contributed by atoms with Crippen LogP contribution in [0.4, 0.5) is 33.6 Å². The van der Waals surface area contributed by atoms with Crippen molar-refractivity contribution in [3.8, 4) is 0 Å². The van der Waals surface area contributed by atoms with Crippen LogP contribution in [-0.2, 0) is 4.74 Å². The highest BCUT2D eigenvalue weighted by Crippen LogP contribution is 2.49. The molecule has 2 heterocycles. The molecule has 1 amide bonds. The van der Waals surface area contributed by atoms with Gasteiger partial charge in [0.25, 0.3) is 5.91 Å². The molecule has 0 atom stereocenters. The van der Waals surface area contributed by atoms with E-state index in [0.29, 0.717) is 17.1 Å². The summed E-state index contributed by atoms with van der Waals surface area (Å²) < 4.78 is 4.99. The van der Waals surface area contributed by atoms with E-state index in [1.807, 2.05) is 24.3 Å². The third-order valence-corrected chi connectivity index (χ3v) is 8.04. The van der Waals surface area contributed by atoms with Crippen molar-refractivity contribution >= 4 is 68.5 Å². The largest absolute Gasteiger partial charge is 0.462 e. The number of benzene rings is 3. The second-order valence-electron chi connectivity index (χ2n) is 8.36.